The number of sulfone groups is 1. The smallest absolute Gasteiger partial charge is 0.227 e. The fourth-order valence-corrected chi connectivity index (χ4v) is 6.63. The van der Waals surface area contributed by atoms with Gasteiger partial charge in [0.05, 0.1) is 18.8 Å². The van der Waals surface area contributed by atoms with E-state index in [2.05, 4.69) is 0 Å². The van der Waals surface area contributed by atoms with E-state index in [9.17, 15) is 13.2 Å². The molecule has 0 aromatic heterocycles. The zero-order valence-corrected chi connectivity index (χ0v) is 16.1. The van der Waals surface area contributed by atoms with Gasteiger partial charge in [0.25, 0.3) is 0 Å². The lowest BCUT2D eigenvalue weighted by Gasteiger charge is -2.50. The first-order valence-electron chi connectivity index (χ1n) is 9.54. The van der Waals surface area contributed by atoms with Gasteiger partial charge in [-0.05, 0) is 43.2 Å². The molecule has 0 unspecified atom stereocenters. The first kappa shape index (κ1) is 18.0. The van der Waals surface area contributed by atoms with Crippen LogP contribution >= 0.6 is 0 Å². The van der Waals surface area contributed by atoms with Crippen LogP contribution in [-0.2, 0) is 25.8 Å². The molecule has 1 saturated carbocycles. The zero-order chi connectivity index (χ0) is 18.4. The minimum atomic E-state index is -3.16. The molecule has 1 aliphatic carbocycles. The highest BCUT2D eigenvalue weighted by Crippen LogP contribution is 2.45. The summed E-state index contributed by atoms with van der Waals surface area (Å²) in [5.74, 6) is 0.945. The lowest BCUT2D eigenvalue weighted by Crippen LogP contribution is -2.69. The van der Waals surface area contributed by atoms with Crippen molar-refractivity contribution in [2.45, 2.75) is 37.4 Å². The van der Waals surface area contributed by atoms with Crippen LogP contribution in [0.25, 0.3) is 0 Å². The van der Waals surface area contributed by atoms with Crippen molar-refractivity contribution in [3.63, 3.8) is 0 Å². The van der Waals surface area contributed by atoms with E-state index in [-0.39, 0.29) is 17.6 Å². The van der Waals surface area contributed by atoms with E-state index in [1.165, 1.54) is 12.8 Å². The van der Waals surface area contributed by atoms with E-state index in [1.807, 2.05) is 31.2 Å². The molecule has 142 valence electrons. The summed E-state index contributed by atoms with van der Waals surface area (Å²) in [6, 6.07) is 7.85. The van der Waals surface area contributed by atoms with Crippen LogP contribution in [0.4, 0.5) is 0 Å². The minimum Gasteiger partial charge on any atom is -0.381 e. The number of hydrogen-bond acceptors (Lipinski definition) is 4. The number of amides is 1. The van der Waals surface area contributed by atoms with Gasteiger partial charge in [0.2, 0.25) is 5.91 Å². The van der Waals surface area contributed by atoms with Gasteiger partial charge in [-0.1, -0.05) is 24.3 Å². The third-order valence-electron chi connectivity index (χ3n) is 6.34. The Morgan fingerprint density at radius 1 is 1.19 bits per heavy atom. The molecule has 1 aromatic rings. The van der Waals surface area contributed by atoms with Gasteiger partial charge in [-0.3, -0.25) is 4.79 Å². The molecule has 0 bridgehead atoms. The molecule has 2 heterocycles. The Balaban J connectivity index is 1.39. The van der Waals surface area contributed by atoms with Crippen LogP contribution in [0.1, 0.15) is 30.4 Å². The van der Waals surface area contributed by atoms with E-state index in [0.717, 1.165) is 17.7 Å². The number of carbonyl (C=O) groups is 1. The summed E-state index contributed by atoms with van der Waals surface area (Å²) < 4.78 is 30.4. The van der Waals surface area contributed by atoms with Crippen LogP contribution in [0.3, 0.4) is 0 Å². The summed E-state index contributed by atoms with van der Waals surface area (Å²) in [7, 11) is -3.16. The summed E-state index contributed by atoms with van der Waals surface area (Å²) in [5.41, 5.74) is 2.10. The molecule has 5 nitrogen and oxygen atoms in total. The molecule has 1 atom stereocenters. The topological polar surface area (TPSA) is 63.7 Å². The first-order chi connectivity index (χ1) is 12.4. The number of rotatable bonds is 6. The predicted octanol–water partition coefficient (Wildman–Crippen LogP) is 1.98. The SMILES string of the molecule is Cc1ccccc1CC(=O)N1CC2(C1)[C@H](COCC1CC1)CCS2(=O)=O. The van der Waals surface area contributed by atoms with Crippen molar-refractivity contribution in [3.8, 4) is 0 Å². The molecular weight excluding hydrogens is 350 g/mol. The molecule has 0 N–H and O–H groups in total. The molecule has 0 radical (unpaired) electrons. The zero-order valence-electron chi connectivity index (χ0n) is 15.3. The largest absolute Gasteiger partial charge is 0.381 e. The summed E-state index contributed by atoms with van der Waals surface area (Å²) in [4.78, 5) is 14.3. The minimum absolute atomic E-state index is 0.0182. The molecular formula is C20H27NO4S. The van der Waals surface area contributed by atoms with Gasteiger partial charge in [-0.2, -0.15) is 0 Å². The third-order valence-corrected chi connectivity index (χ3v) is 8.94. The maximum absolute atomic E-state index is 12.7. The van der Waals surface area contributed by atoms with Crippen LogP contribution in [-0.4, -0.2) is 56.0 Å². The molecule has 26 heavy (non-hydrogen) atoms. The number of ether oxygens (including phenoxy) is 1. The molecule has 1 spiro atoms. The van der Waals surface area contributed by atoms with Crippen molar-refractivity contribution in [3.05, 3.63) is 35.4 Å². The number of carbonyl (C=O) groups excluding carboxylic acids is 1. The number of benzene rings is 1. The quantitative estimate of drug-likeness (QED) is 0.760. The Labute approximate surface area is 155 Å². The average Bonchev–Trinajstić information content (AvgIpc) is 3.32. The summed E-state index contributed by atoms with van der Waals surface area (Å²) >= 11 is 0. The van der Waals surface area contributed by atoms with Crippen LogP contribution in [0, 0.1) is 18.8 Å². The molecule has 2 aliphatic heterocycles. The molecule has 1 aromatic carbocycles. The van der Waals surface area contributed by atoms with Gasteiger partial charge in [-0.25, -0.2) is 8.42 Å². The van der Waals surface area contributed by atoms with Crippen molar-refractivity contribution >= 4 is 15.7 Å². The van der Waals surface area contributed by atoms with E-state index in [1.54, 1.807) is 4.90 Å². The van der Waals surface area contributed by atoms with Gasteiger partial charge in [0, 0.05) is 25.6 Å². The number of likely N-dealkylation sites (tertiary alicyclic amines) is 1. The van der Waals surface area contributed by atoms with Crippen molar-refractivity contribution in [1.82, 2.24) is 4.90 Å². The summed E-state index contributed by atoms with van der Waals surface area (Å²) in [6.07, 6.45) is 3.46. The maximum atomic E-state index is 12.7. The second-order valence-electron chi connectivity index (χ2n) is 8.20. The lowest BCUT2D eigenvalue weighted by atomic mass is 9.83. The van der Waals surface area contributed by atoms with Crippen molar-refractivity contribution in [2.24, 2.45) is 11.8 Å². The second kappa shape index (κ2) is 6.64. The Hall–Kier alpha value is -1.40. The molecule has 1 amide bonds. The van der Waals surface area contributed by atoms with Crippen molar-refractivity contribution < 1.29 is 17.9 Å². The van der Waals surface area contributed by atoms with Crippen molar-refractivity contribution in [1.29, 1.82) is 0 Å². The third kappa shape index (κ3) is 3.18. The first-order valence-corrected chi connectivity index (χ1v) is 11.2. The average molecular weight is 378 g/mol. The lowest BCUT2D eigenvalue weighted by molar-refractivity contribution is -0.137. The van der Waals surface area contributed by atoms with Gasteiger partial charge in [0.15, 0.2) is 9.84 Å². The highest BCUT2D eigenvalue weighted by Gasteiger charge is 2.62. The van der Waals surface area contributed by atoms with Crippen LogP contribution in [0.15, 0.2) is 24.3 Å². The summed E-state index contributed by atoms with van der Waals surface area (Å²) in [6.45, 7) is 3.92. The van der Waals surface area contributed by atoms with E-state index >= 15 is 0 Å². The fraction of sp³-hybridized carbons (Fsp3) is 0.650. The molecule has 6 heteroatoms. The van der Waals surface area contributed by atoms with Crippen molar-refractivity contribution in [2.75, 3.05) is 32.1 Å². The molecule has 4 rings (SSSR count). The highest BCUT2D eigenvalue weighted by molar-refractivity contribution is 7.93. The van der Waals surface area contributed by atoms with Gasteiger partial charge in [0.1, 0.15) is 4.75 Å². The van der Waals surface area contributed by atoms with Gasteiger partial charge < -0.3 is 9.64 Å². The second-order valence-corrected chi connectivity index (χ2v) is 10.7. The normalized spacial score (nSPS) is 26.0. The highest BCUT2D eigenvalue weighted by atomic mass is 32.2. The van der Waals surface area contributed by atoms with Crippen LogP contribution < -0.4 is 0 Å². The van der Waals surface area contributed by atoms with E-state index in [0.29, 0.717) is 38.5 Å². The number of nitrogens with zero attached hydrogens (tertiary/aromatic N) is 1. The predicted molar refractivity (Wildman–Crippen MR) is 99.6 cm³/mol. The van der Waals surface area contributed by atoms with Gasteiger partial charge in [-0.15, -0.1) is 0 Å². The Morgan fingerprint density at radius 2 is 1.92 bits per heavy atom. The Morgan fingerprint density at radius 3 is 2.62 bits per heavy atom. The molecule has 3 fully saturated rings. The number of aryl methyl sites for hydroxylation is 1. The van der Waals surface area contributed by atoms with Crippen LogP contribution in [0.5, 0.6) is 0 Å². The number of hydrogen-bond donors (Lipinski definition) is 0. The van der Waals surface area contributed by atoms with Gasteiger partial charge >= 0.3 is 0 Å². The maximum Gasteiger partial charge on any atom is 0.227 e. The Bertz CT molecular complexity index is 794. The van der Waals surface area contributed by atoms with E-state index in [4.69, 9.17) is 4.74 Å². The summed E-state index contributed by atoms with van der Waals surface area (Å²) in [5, 5.41) is 0. The Kier molecular flexibility index (Phi) is 4.59. The monoisotopic (exact) mass is 377 g/mol. The van der Waals surface area contributed by atoms with E-state index < -0.39 is 14.6 Å². The standard InChI is InChI=1S/C20H27NO4S/c1-15-4-2-3-5-17(15)10-19(22)21-13-20(14-21)18(8-9-26(20,23)24)12-25-11-16-6-7-16/h2-5,16,18H,6-14H2,1H3/t18-/m0/s1. The fourth-order valence-electron chi connectivity index (χ4n) is 4.23. The molecule has 2 saturated heterocycles. The molecule has 3 aliphatic rings. The van der Waals surface area contributed by atoms with Crippen LogP contribution in [0.2, 0.25) is 0 Å².